The van der Waals surface area contributed by atoms with Crippen LogP contribution in [0.3, 0.4) is 0 Å². The first-order valence-corrected chi connectivity index (χ1v) is 7.67. The summed E-state index contributed by atoms with van der Waals surface area (Å²) in [5.74, 6) is 0. The maximum atomic E-state index is 3.56. The minimum Gasteiger partial charge on any atom is -0.378 e. The molecule has 1 heterocycles. The Morgan fingerprint density at radius 1 is 1.11 bits per heavy atom. The van der Waals surface area contributed by atoms with Gasteiger partial charge >= 0.3 is 0 Å². The third-order valence-electron chi connectivity index (χ3n) is 3.78. The highest BCUT2D eigenvalue weighted by Crippen LogP contribution is 2.26. The van der Waals surface area contributed by atoms with Gasteiger partial charge in [-0.2, -0.15) is 11.3 Å². The van der Waals surface area contributed by atoms with Crippen molar-refractivity contribution in [3.8, 4) is 0 Å². The summed E-state index contributed by atoms with van der Waals surface area (Å²) in [6.07, 6.45) is 5.23. The Morgan fingerprint density at radius 2 is 1.94 bits per heavy atom. The van der Waals surface area contributed by atoms with E-state index in [0.717, 1.165) is 0 Å². The predicted molar refractivity (Wildman–Crippen MR) is 79.4 cm³/mol. The molecule has 1 atom stereocenters. The van der Waals surface area contributed by atoms with Crippen molar-refractivity contribution >= 4 is 17.0 Å². The van der Waals surface area contributed by atoms with Crippen LogP contribution in [0.1, 0.15) is 42.5 Å². The van der Waals surface area contributed by atoms with Gasteiger partial charge < -0.3 is 5.32 Å². The lowest BCUT2D eigenvalue weighted by molar-refractivity contribution is 0.683. The Bertz CT molecular complexity index is 516. The van der Waals surface area contributed by atoms with E-state index in [1.54, 1.807) is 22.5 Å². The van der Waals surface area contributed by atoms with Crippen LogP contribution in [-0.4, -0.2) is 0 Å². The quantitative estimate of drug-likeness (QED) is 0.832. The topological polar surface area (TPSA) is 12.0 Å². The number of thiophene rings is 1. The van der Waals surface area contributed by atoms with Gasteiger partial charge in [0.05, 0.1) is 0 Å². The zero-order valence-corrected chi connectivity index (χ0v) is 11.6. The van der Waals surface area contributed by atoms with Gasteiger partial charge in [-0.05, 0) is 60.7 Å². The number of anilines is 1. The molecule has 2 aromatic rings. The molecule has 1 aromatic heterocycles. The highest BCUT2D eigenvalue weighted by Gasteiger charge is 2.12. The average molecular weight is 257 g/mol. The van der Waals surface area contributed by atoms with Gasteiger partial charge in [-0.1, -0.05) is 18.2 Å². The summed E-state index contributed by atoms with van der Waals surface area (Å²) in [5, 5.41) is 7.83. The van der Waals surface area contributed by atoms with Crippen molar-refractivity contribution < 1.29 is 0 Å². The van der Waals surface area contributed by atoms with Crippen LogP contribution in [0.15, 0.2) is 35.0 Å². The van der Waals surface area contributed by atoms with Crippen molar-refractivity contribution in [2.75, 3.05) is 5.32 Å². The molecule has 1 unspecified atom stereocenters. The first-order chi connectivity index (χ1) is 8.83. The van der Waals surface area contributed by atoms with Gasteiger partial charge in [0, 0.05) is 17.1 Å². The lowest BCUT2D eigenvalue weighted by Crippen LogP contribution is -2.09. The van der Waals surface area contributed by atoms with E-state index >= 15 is 0 Å². The monoisotopic (exact) mass is 257 g/mol. The minimum atomic E-state index is 0.381. The molecule has 1 aliphatic carbocycles. The Kier molecular flexibility index (Phi) is 3.37. The smallest absolute Gasteiger partial charge is 0.0486 e. The second kappa shape index (κ2) is 5.15. The minimum absolute atomic E-state index is 0.381. The lowest BCUT2D eigenvalue weighted by atomic mass is 9.89. The molecular formula is C16H19NS. The summed E-state index contributed by atoms with van der Waals surface area (Å²) >= 11 is 1.74. The van der Waals surface area contributed by atoms with E-state index < -0.39 is 0 Å². The molecule has 1 nitrogen and oxygen atoms in total. The molecule has 94 valence electrons. The summed E-state index contributed by atoms with van der Waals surface area (Å²) in [5.41, 5.74) is 5.76. The summed E-state index contributed by atoms with van der Waals surface area (Å²) in [4.78, 5) is 0. The first-order valence-electron chi connectivity index (χ1n) is 6.73. The Hall–Kier alpha value is -1.28. The van der Waals surface area contributed by atoms with Crippen LogP contribution in [0.4, 0.5) is 5.69 Å². The Morgan fingerprint density at radius 3 is 2.72 bits per heavy atom. The molecule has 0 saturated heterocycles. The number of aryl methyl sites for hydroxylation is 2. The van der Waals surface area contributed by atoms with Crippen molar-refractivity contribution in [2.45, 2.75) is 38.6 Å². The molecule has 18 heavy (non-hydrogen) atoms. The van der Waals surface area contributed by atoms with E-state index in [2.05, 4.69) is 47.3 Å². The number of fused-ring (bicyclic) bond motifs is 1. The van der Waals surface area contributed by atoms with E-state index in [9.17, 15) is 0 Å². The van der Waals surface area contributed by atoms with E-state index in [4.69, 9.17) is 0 Å². The van der Waals surface area contributed by atoms with Crippen molar-refractivity contribution in [1.82, 2.24) is 0 Å². The number of rotatable bonds is 3. The van der Waals surface area contributed by atoms with Gasteiger partial charge in [0.2, 0.25) is 0 Å². The van der Waals surface area contributed by atoms with Crippen LogP contribution in [-0.2, 0) is 12.8 Å². The van der Waals surface area contributed by atoms with Gasteiger partial charge in [-0.3, -0.25) is 0 Å². The molecule has 0 amide bonds. The van der Waals surface area contributed by atoms with E-state index in [1.807, 2.05) is 0 Å². The van der Waals surface area contributed by atoms with E-state index in [1.165, 1.54) is 36.9 Å². The van der Waals surface area contributed by atoms with Gasteiger partial charge in [0.15, 0.2) is 0 Å². The lowest BCUT2D eigenvalue weighted by Gasteiger charge is -2.20. The molecule has 0 aliphatic heterocycles. The molecule has 0 saturated carbocycles. The fraction of sp³-hybridized carbons (Fsp3) is 0.375. The highest BCUT2D eigenvalue weighted by atomic mass is 32.1. The van der Waals surface area contributed by atoms with Crippen molar-refractivity contribution in [3.63, 3.8) is 0 Å². The van der Waals surface area contributed by atoms with Crippen LogP contribution in [0.2, 0.25) is 0 Å². The van der Waals surface area contributed by atoms with Crippen molar-refractivity contribution in [3.05, 3.63) is 51.7 Å². The van der Waals surface area contributed by atoms with Crippen molar-refractivity contribution in [1.29, 1.82) is 0 Å². The maximum absolute atomic E-state index is 3.56. The zero-order valence-electron chi connectivity index (χ0n) is 10.8. The fourth-order valence-electron chi connectivity index (χ4n) is 2.70. The largest absolute Gasteiger partial charge is 0.378 e. The van der Waals surface area contributed by atoms with Gasteiger partial charge in [-0.25, -0.2) is 0 Å². The Labute approximate surface area is 113 Å². The number of benzene rings is 1. The summed E-state index contributed by atoms with van der Waals surface area (Å²) in [6.45, 7) is 2.24. The zero-order chi connectivity index (χ0) is 12.4. The number of hydrogen-bond donors (Lipinski definition) is 1. The van der Waals surface area contributed by atoms with E-state index in [0.29, 0.717) is 6.04 Å². The summed E-state index contributed by atoms with van der Waals surface area (Å²) in [7, 11) is 0. The predicted octanol–water partition coefficient (Wildman–Crippen LogP) is 4.80. The van der Waals surface area contributed by atoms with Gasteiger partial charge in [-0.15, -0.1) is 0 Å². The van der Waals surface area contributed by atoms with Crippen molar-refractivity contribution in [2.24, 2.45) is 0 Å². The van der Waals surface area contributed by atoms with Crippen LogP contribution >= 0.6 is 11.3 Å². The van der Waals surface area contributed by atoms with Crippen LogP contribution < -0.4 is 5.32 Å². The molecule has 1 aromatic carbocycles. The third-order valence-corrected chi connectivity index (χ3v) is 4.46. The average Bonchev–Trinajstić information content (AvgIpc) is 2.91. The molecule has 0 spiro atoms. The second-order valence-corrected chi connectivity index (χ2v) is 5.89. The van der Waals surface area contributed by atoms with E-state index in [-0.39, 0.29) is 0 Å². The molecule has 1 N–H and O–H groups in total. The first kappa shape index (κ1) is 11.8. The summed E-state index contributed by atoms with van der Waals surface area (Å²) < 4.78 is 0. The van der Waals surface area contributed by atoms with Gasteiger partial charge in [0.25, 0.3) is 0 Å². The third kappa shape index (κ3) is 2.44. The standard InChI is InChI=1S/C16H19NS/c1-12(17-16-8-9-18-11-16)14-7-6-13-4-2-3-5-15(13)10-14/h6-12,17H,2-5H2,1H3. The molecule has 0 bridgehead atoms. The van der Waals surface area contributed by atoms with Crippen LogP contribution in [0, 0.1) is 0 Å². The Balaban J connectivity index is 1.79. The number of hydrogen-bond acceptors (Lipinski definition) is 2. The number of nitrogens with one attached hydrogen (secondary N) is 1. The fourth-order valence-corrected chi connectivity index (χ4v) is 3.30. The SMILES string of the molecule is CC(Nc1ccsc1)c1ccc2c(c1)CCCC2. The highest BCUT2D eigenvalue weighted by molar-refractivity contribution is 7.08. The van der Waals surface area contributed by atoms with Crippen LogP contribution in [0.5, 0.6) is 0 Å². The molecule has 0 fully saturated rings. The summed E-state index contributed by atoms with van der Waals surface area (Å²) in [6, 6.07) is 9.54. The molecule has 2 heteroatoms. The molecule has 1 aliphatic rings. The van der Waals surface area contributed by atoms with Gasteiger partial charge in [0.1, 0.15) is 0 Å². The van der Waals surface area contributed by atoms with Crippen LogP contribution in [0.25, 0.3) is 0 Å². The molecular weight excluding hydrogens is 238 g/mol. The second-order valence-electron chi connectivity index (χ2n) is 5.11. The maximum Gasteiger partial charge on any atom is 0.0486 e. The molecule has 0 radical (unpaired) electrons. The normalized spacial score (nSPS) is 16.1. The molecule has 3 rings (SSSR count).